The summed E-state index contributed by atoms with van der Waals surface area (Å²) in [7, 11) is 1.66. The molecule has 0 saturated carbocycles. The minimum absolute atomic E-state index is 0.322. The number of methoxy groups -OCH3 is 1. The zero-order valence-electron chi connectivity index (χ0n) is 13.6. The van der Waals surface area contributed by atoms with Crippen molar-refractivity contribution in [2.24, 2.45) is 0 Å². The molecule has 4 heteroatoms. The molecule has 1 rings (SSSR count). The summed E-state index contributed by atoms with van der Waals surface area (Å²) in [6, 6.07) is 4.18. The maximum absolute atomic E-state index is 10.3. The van der Waals surface area contributed by atoms with Crippen molar-refractivity contribution in [2.75, 3.05) is 40.1 Å². The van der Waals surface area contributed by atoms with E-state index in [1.165, 1.54) is 5.56 Å². The summed E-state index contributed by atoms with van der Waals surface area (Å²) in [6.07, 6.45) is 0.252. The van der Waals surface area contributed by atoms with Crippen LogP contribution < -0.4 is 0 Å². The number of rotatable bonds is 10. The van der Waals surface area contributed by atoms with Gasteiger partial charge in [0.2, 0.25) is 0 Å². The first kappa shape index (κ1) is 18.1. The summed E-state index contributed by atoms with van der Waals surface area (Å²) in [5, 5.41) is 10.3. The van der Waals surface area contributed by atoms with E-state index in [1.54, 1.807) is 7.11 Å². The molecule has 0 aliphatic rings. The highest BCUT2D eigenvalue weighted by molar-refractivity contribution is 5.38. The molecule has 0 aliphatic heterocycles. The summed E-state index contributed by atoms with van der Waals surface area (Å²) >= 11 is 0. The fourth-order valence-electron chi connectivity index (χ4n) is 2.50. The van der Waals surface area contributed by atoms with Gasteiger partial charge in [0.15, 0.2) is 0 Å². The predicted octanol–water partition coefficient (Wildman–Crippen LogP) is 2.71. The molecule has 0 aromatic heterocycles. The smallest absolute Gasteiger partial charge is 0.103 e. The van der Waals surface area contributed by atoms with Crippen LogP contribution in [0, 0.1) is 20.8 Å². The number of ether oxygens (including phenoxy) is 3. The van der Waals surface area contributed by atoms with E-state index >= 15 is 0 Å². The quantitative estimate of drug-likeness (QED) is 0.674. The molecule has 0 bridgehead atoms. The maximum atomic E-state index is 10.3. The van der Waals surface area contributed by atoms with Crippen molar-refractivity contribution in [3.8, 4) is 0 Å². The number of aryl methyl sites for hydroxylation is 3. The highest BCUT2D eigenvalue weighted by atomic mass is 16.5. The molecule has 1 N–H and O–H groups in total. The van der Waals surface area contributed by atoms with Gasteiger partial charge in [-0.15, -0.1) is 0 Å². The van der Waals surface area contributed by atoms with E-state index in [9.17, 15) is 5.11 Å². The van der Waals surface area contributed by atoms with Crippen LogP contribution >= 0.6 is 0 Å². The first-order valence-electron chi connectivity index (χ1n) is 7.46. The predicted molar refractivity (Wildman–Crippen MR) is 83.7 cm³/mol. The highest BCUT2D eigenvalue weighted by Gasteiger charge is 2.13. The highest BCUT2D eigenvalue weighted by Crippen LogP contribution is 2.23. The van der Waals surface area contributed by atoms with Crippen molar-refractivity contribution in [3.05, 3.63) is 34.4 Å². The SMILES string of the molecule is COCCOCCCOCC(O)c1c(C)cc(C)cc1C. The van der Waals surface area contributed by atoms with Crippen LogP contribution in [0.4, 0.5) is 0 Å². The Morgan fingerprint density at radius 1 is 0.952 bits per heavy atom. The zero-order chi connectivity index (χ0) is 15.7. The van der Waals surface area contributed by atoms with Gasteiger partial charge in [-0.05, 0) is 43.9 Å². The molecule has 0 spiro atoms. The molecule has 0 amide bonds. The molecule has 1 aromatic carbocycles. The maximum Gasteiger partial charge on any atom is 0.103 e. The Bertz CT molecular complexity index is 394. The monoisotopic (exact) mass is 296 g/mol. The summed E-state index contributed by atoms with van der Waals surface area (Å²) in [5.74, 6) is 0. The summed E-state index contributed by atoms with van der Waals surface area (Å²) in [5.41, 5.74) is 4.44. The lowest BCUT2D eigenvalue weighted by Crippen LogP contribution is -2.12. The lowest BCUT2D eigenvalue weighted by molar-refractivity contribution is 0.0178. The second-order valence-electron chi connectivity index (χ2n) is 5.36. The van der Waals surface area contributed by atoms with E-state index in [-0.39, 0.29) is 0 Å². The molecule has 120 valence electrons. The first-order chi connectivity index (χ1) is 10.1. The normalized spacial score (nSPS) is 12.6. The molecular formula is C17H28O4. The van der Waals surface area contributed by atoms with Crippen molar-refractivity contribution >= 4 is 0 Å². The fraction of sp³-hybridized carbons (Fsp3) is 0.647. The van der Waals surface area contributed by atoms with E-state index in [2.05, 4.69) is 19.1 Å². The summed E-state index contributed by atoms with van der Waals surface area (Å²) in [4.78, 5) is 0. The van der Waals surface area contributed by atoms with Crippen LogP contribution in [0.5, 0.6) is 0 Å². The van der Waals surface area contributed by atoms with Crippen LogP contribution in [-0.4, -0.2) is 45.3 Å². The molecule has 0 fully saturated rings. The van der Waals surface area contributed by atoms with Gasteiger partial charge in [0.1, 0.15) is 6.10 Å². The standard InChI is InChI=1S/C17H28O4/c1-13-10-14(2)17(15(3)11-13)16(18)12-21-7-5-6-20-9-8-19-4/h10-11,16,18H,5-9,12H2,1-4H3. The van der Waals surface area contributed by atoms with Crippen molar-refractivity contribution in [2.45, 2.75) is 33.3 Å². The largest absolute Gasteiger partial charge is 0.386 e. The third kappa shape index (κ3) is 6.57. The van der Waals surface area contributed by atoms with Gasteiger partial charge in [-0.3, -0.25) is 0 Å². The lowest BCUT2D eigenvalue weighted by Gasteiger charge is -2.17. The van der Waals surface area contributed by atoms with Gasteiger partial charge in [-0.1, -0.05) is 17.7 Å². The Labute approximate surface area is 128 Å². The lowest BCUT2D eigenvalue weighted by atomic mass is 9.96. The van der Waals surface area contributed by atoms with Gasteiger partial charge in [0, 0.05) is 20.3 Å². The van der Waals surface area contributed by atoms with Crippen molar-refractivity contribution < 1.29 is 19.3 Å². The third-order valence-corrected chi connectivity index (χ3v) is 3.36. The third-order valence-electron chi connectivity index (χ3n) is 3.36. The van der Waals surface area contributed by atoms with Gasteiger partial charge < -0.3 is 19.3 Å². The Hall–Kier alpha value is -0.940. The van der Waals surface area contributed by atoms with Gasteiger partial charge in [0.25, 0.3) is 0 Å². The molecule has 1 atom stereocenters. The minimum Gasteiger partial charge on any atom is -0.386 e. The number of aliphatic hydroxyl groups is 1. The van der Waals surface area contributed by atoms with Gasteiger partial charge in [0.05, 0.1) is 19.8 Å². The topological polar surface area (TPSA) is 47.9 Å². The molecule has 0 saturated heterocycles. The fourth-order valence-corrected chi connectivity index (χ4v) is 2.50. The molecule has 21 heavy (non-hydrogen) atoms. The molecule has 4 nitrogen and oxygen atoms in total. The number of hydrogen-bond donors (Lipinski definition) is 1. The van der Waals surface area contributed by atoms with E-state index in [0.717, 1.165) is 23.1 Å². The second-order valence-corrected chi connectivity index (χ2v) is 5.36. The van der Waals surface area contributed by atoms with E-state index < -0.39 is 6.10 Å². The van der Waals surface area contributed by atoms with Gasteiger partial charge >= 0.3 is 0 Å². The van der Waals surface area contributed by atoms with Crippen molar-refractivity contribution in [3.63, 3.8) is 0 Å². The van der Waals surface area contributed by atoms with E-state index in [1.807, 2.05) is 13.8 Å². The minimum atomic E-state index is -0.569. The molecular weight excluding hydrogens is 268 g/mol. The van der Waals surface area contributed by atoms with Crippen LogP contribution in [0.2, 0.25) is 0 Å². The number of aliphatic hydroxyl groups excluding tert-OH is 1. The molecule has 1 unspecified atom stereocenters. The molecule has 0 radical (unpaired) electrons. The summed E-state index contributed by atoms with van der Waals surface area (Å²) < 4.78 is 15.8. The average Bonchev–Trinajstić information content (AvgIpc) is 2.40. The molecule has 1 aromatic rings. The van der Waals surface area contributed by atoms with E-state index in [0.29, 0.717) is 33.0 Å². The average molecular weight is 296 g/mol. The Morgan fingerprint density at radius 3 is 2.19 bits per heavy atom. The van der Waals surface area contributed by atoms with Crippen LogP contribution in [0.15, 0.2) is 12.1 Å². The van der Waals surface area contributed by atoms with Crippen molar-refractivity contribution in [1.29, 1.82) is 0 Å². The first-order valence-corrected chi connectivity index (χ1v) is 7.46. The van der Waals surface area contributed by atoms with Gasteiger partial charge in [-0.25, -0.2) is 0 Å². The van der Waals surface area contributed by atoms with E-state index in [4.69, 9.17) is 14.2 Å². The Morgan fingerprint density at radius 2 is 1.57 bits per heavy atom. The number of benzene rings is 1. The second kappa shape index (κ2) is 9.90. The molecule has 0 heterocycles. The zero-order valence-corrected chi connectivity index (χ0v) is 13.6. The van der Waals surface area contributed by atoms with Gasteiger partial charge in [-0.2, -0.15) is 0 Å². The van der Waals surface area contributed by atoms with Crippen LogP contribution in [0.3, 0.4) is 0 Å². The van der Waals surface area contributed by atoms with Crippen LogP contribution in [-0.2, 0) is 14.2 Å². The number of hydrogen-bond acceptors (Lipinski definition) is 4. The Kier molecular flexibility index (Phi) is 8.54. The summed E-state index contributed by atoms with van der Waals surface area (Å²) in [6.45, 7) is 8.92. The molecule has 0 aliphatic carbocycles. The Balaban J connectivity index is 2.27. The van der Waals surface area contributed by atoms with Crippen LogP contribution in [0.1, 0.15) is 34.8 Å². The van der Waals surface area contributed by atoms with Crippen molar-refractivity contribution in [1.82, 2.24) is 0 Å². The van der Waals surface area contributed by atoms with Crippen LogP contribution in [0.25, 0.3) is 0 Å².